The highest BCUT2D eigenvalue weighted by molar-refractivity contribution is 6.34. The minimum Gasteiger partial charge on any atom is -0.476 e. The number of ether oxygens (including phenoxy) is 1. The van der Waals surface area contributed by atoms with Crippen molar-refractivity contribution in [2.75, 3.05) is 0 Å². The molecule has 3 rings (SSSR count). The Morgan fingerprint density at radius 1 is 0.846 bits per heavy atom. The number of Topliss-reactive ketones (excluding diaryl/α,β-unsaturated/α-hetero) is 2. The van der Waals surface area contributed by atoms with E-state index in [0.717, 1.165) is 0 Å². The van der Waals surface area contributed by atoms with Gasteiger partial charge in [0.15, 0.2) is 5.78 Å². The zero-order valence-electron chi connectivity index (χ0n) is 21.0. The molecule has 39 heavy (non-hydrogen) atoms. The number of halogens is 5. The van der Waals surface area contributed by atoms with Crippen molar-refractivity contribution in [3.63, 3.8) is 0 Å². The molecule has 0 fully saturated rings. The fourth-order valence-electron chi connectivity index (χ4n) is 4.02. The number of hydrogen-bond acceptors (Lipinski definition) is 4. The highest BCUT2D eigenvalue weighted by Crippen LogP contribution is 2.32. The Hall–Kier alpha value is -3.36. The maximum Gasteiger partial charge on any atom is 0.450 e. The molecule has 5 nitrogen and oxygen atoms in total. The van der Waals surface area contributed by atoms with Crippen LogP contribution in [0.1, 0.15) is 43.5 Å². The molecule has 3 aromatic rings. The number of rotatable bonds is 11. The summed E-state index contributed by atoms with van der Waals surface area (Å²) < 4.78 is 45.7. The highest BCUT2D eigenvalue weighted by Gasteiger charge is 2.45. The summed E-state index contributed by atoms with van der Waals surface area (Å²) >= 11 is 12.2. The zero-order chi connectivity index (χ0) is 28.7. The van der Waals surface area contributed by atoms with Gasteiger partial charge in [-0.1, -0.05) is 97.7 Å². The number of ketones is 2. The quantitative estimate of drug-likeness (QED) is 0.258. The zero-order valence-corrected chi connectivity index (χ0v) is 22.6. The van der Waals surface area contributed by atoms with Crippen LogP contribution in [-0.4, -0.2) is 23.6 Å². The number of hydrogen-bond donors (Lipinski definition) is 1. The number of amides is 1. The topological polar surface area (TPSA) is 72.5 Å². The van der Waals surface area contributed by atoms with E-state index in [1.165, 1.54) is 32.0 Å². The molecule has 10 heteroatoms. The van der Waals surface area contributed by atoms with Gasteiger partial charge in [0.2, 0.25) is 11.9 Å². The van der Waals surface area contributed by atoms with Crippen LogP contribution >= 0.6 is 23.2 Å². The SMILES string of the molecule is CC(C)[C@H](CC(=O)[C@@H](NC(=O)C(Oc1cc(Cl)cc(Cl)c1)c1ccccc1)c1ccccc1)C(=O)C(F)(F)F. The summed E-state index contributed by atoms with van der Waals surface area (Å²) in [5.74, 6) is -5.63. The molecule has 1 amide bonds. The van der Waals surface area contributed by atoms with Crippen LogP contribution < -0.4 is 10.1 Å². The average Bonchev–Trinajstić information content (AvgIpc) is 2.88. The van der Waals surface area contributed by atoms with E-state index in [9.17, 15) is 27.6 Å². The lowest BCUT2D eigenvalue weighted by atomic mass is 9.84. The summed E-state index contributed by atoms with van der Waals surface area (Å²) in [6, 6.07) is 19.6. The van der Waals surface area contributed by atoms with Crippen molar-refractivity contribution in [1.82, 2.24) is 5.32 Å². The van der Waals surface area contributed by atoms with Crippen molar-refractivity contribution in [1.29, 1.82) is 0 Å². The van der Waals surface area contributed by atoms with Crippen molar-refractivity contribution in [3.05, 3.63) is 100 Å². The molecule has 206 valence electrons. The summed E-state index contributed by atoms with van der Waals surface area (Å²) in [4.78, 5) is 39.1. The van der Waals surface area contributed by atoms with Crippen LogP contribution in [0.25, 0.3) is 0 Å². The summed E-state index contributed by atoms with van der Waals surface area (Å²) in [5, 5.41) is 3.18. The Morgan fingerprint density at radius 2 is 1.36 bits per heavy atom. The van der Waals surface area contributed by atoms with E-state index in [-0.39, 0.29) is 15.8 Å². The van der Waals surface area contributed by atoms with Gasteiger partial charge >= 0.3 is 6.18 Å². The highest BCUT2D eigenvalue weighted by atomic mass is 35.5. The molecular weight excluding hydrogens is 554 g/mol. The molecule has 0 saturated carbocycles. The summed E-state index contributed by atoms with van der Waals surface area (Å²) in [5.41, 5.74) is 0.785. The van der Waals surface area contributed by atoms with Crippen LogP contribution in [0, 0.1) is 11.8 Å². The third-order valence-corrected chi connectivity index (χ3v) is 6.45. The van der Waals surface area contributed by atoms with E-state index >= 15 is 0 Å². The van der Waals surface area contributed by atoms with E-state index in [0.29, 0.717) is 11.1 Å². The first-order chi connectivity index (χ1) is 18.4. The standard InChI is InChI=1S/C29H26Cl2F3NO4/c1-17(2)23(27(37)29(32,33)34)16-24(36)25(18-9-5-3-6-10-18)35-28(38)26(19-11-7-4-8-12-19)39-22-14-20(30)13-21(31)15-22/h3-15,17,23,25-26H,16H2,1-2H3,(H,35,38)/t23-,25-,26?/m0/s1. The summed E-state index contributed by atoms with van der Waals surface area (Å²) in [7, 11) is 0. The van der Waals surface area contributed by atoms with Gasteiger partial charge in [0.1, 0.15) is 11.8 Å². The molecule has 0 spiro atoms. The van der Waals surface area contributed by atoms with E-state index < -0.39 is 54.1 Å². The molecule has 0 radical (unpaired) electrons. The van der Waals surface area contributed by atoms with E-state index in [1.807, 2.05) is 0 Å². The lowest BCUT2D eigenvalue weighted by Gasteiger charge is -2.26. The summed E-state index contributed by atoms with van der Waals surface area (Å²) in [6.45, 7) is 2.88. The Kier molecular flexibility index (Phi) is 10.2. The molecule has 1 unspecified atom stereocenters. The maximum absolute atomic E-state index is 13.6. The first-order valence-corrected chi connectivity index (χ1v) is 12.8. The number of nitrogens with one attached hydrogen (secondary N) is 1. The minimum absolute atomic E-state index is 0.190. The fourth-order valence-corrected chi connectivity index (χ4v) is 4.53. The maximum atomic E-state index is 13.6. The fraction of sp³-hybridized carbons (Fsp3) is 0.276. The Balaban J connectivity index is 1.95. The molecule has 1 N–H and O–H groups in total. The molecule has 3 aromatic carbocycles. The first-order valence-electron chi connectivity index (χ1n) is 12.0. The molecule has 3 atom stereocenters. The van der Waals surface area contributed by atoms with Gasteiger partial charge in [-0.3, -0.25) is 14.4 Å². The Morgan fingerprint density at radius 3 is 1.85 bits per heavy atom. The van der Waals surface area contributed by atoms with E-state index in [2.05, 4.69) is 5.32 Å². The van der Waals surface area contributed by atoms with Gasteiger partial charge in [-0.25, -0.2) is 0 Å². The van der Waals surface area contributed by atoms with Crippen LogP contribution in [0.3, 0.4) is 0 Å². The molecule has 0 saturated heterocycles. The van der Waals surface area contributed by atoms with Crippen LogP contribution in [0.4, 0.5) is 13.2 Å². The molecule has 0 aromatic heterocycles. The normalized spacial score (nSPS) is 13.8. The van der Waals surface area contributed by atoms with Gasteiger partial charge in [0, 0.05) is 27.9 Å². The van der Waals surface area contributed by atoms with Crippen molar-refractivity contribution >= 4 is 40.7 Å². The number of carbonyl (C=O) groups excluding carboxylic acids is 3. The van der Waals surface area contributed by atoms with Gasteiger partial charge in [0.05, 0.1) is 0 Å². The second-order valence-corrected chi connectivity index (χ2v) is 10.1. The molecule has 0 bridgehead atoms. The predicted octanol–water partition coefficient (Wildman–Crippen LogP) is 7.33. The van der Waals surface area contributed by atoms with Gasteiger partial charge in [-0.05, 0) is 29.7 Å². The molecule has 0 aliphatic heterocycles. The smallest absolute Gasteiger partial charge is 0.450 e. The lowest BCUT2D eigenvalue weighted by Crippen LogP contribution is -2.41. The van der Waals surface area contributed by atoms with Crippen molar-refractivity contribution in [2.24, 2.45) is 11.8 Å². The van der Waals surface area contributed by atoms with Crippen molar-refractivity contribution in [3.8, 4) is 5.75 Å². The molecule has 0 heterocycles. The minimum atomic E-state index is -5.09. The molecular formula is C29H26Cl2F3NO4. The predicted molar refractivity (Wildman–Crippen MR) is 143 cm³/mol. The van der Waals surface area contributed by atoms with E-state index in [1.54, 1.807) is 60.7 Å². The van der Waals surface area contributed by atoms with E-state index in [4.69, 9.17) is 27.9 Å². The Labute approximate surface area is 234 Å². The van der Waals surface area contributed by atoms with Gasteiger partial charge in [0.25, 0.3) is 5.91 Å². The monoisotopic (exact) mass is 579 g/mol. The second kappa shape index (κ2) is 13.1. The average molecular weight is 580 g/mol. The summed E-state index contributed by atoms with van der Waals surface area (Å²) in [6.07, 6.45) is -7.07. The van der Waals surface area contributed by atoms with Crippen LogP contribution in [0.2, 0.25) is 10.0 Å². The van der Waals surface area contributed by atoms with Gasteiger partial charge < -0.3 is 10.1 Å². The van der Waals surface area contributed by atoms with Crippen molar-refractivity contribution < 1.29 is 32.3 Å². The van der Waals surface area contributed by atoms with Crippen molar-refractivity contribution in [2.45, 2.75) is 38.6 Å². The Bertz CT molecular complexity index is 1280. The van der Waals surface area contributed by atoms with Gasteiger partial charge in [-0.2, -0.15) is 13.2 Å². The third kappa shape index (κ3) is 8.31. The molecule has 0 aliphatic rings. The van der Waals surface area contributed by atoms with Crippen LogP contribution in [0.15, 0.2) is 78.9 Å². The van der Waals surface area contributed by atoms with Gasteiger partial charge in [-0.15, -0.1) is 0 Å². The van der Waals surface area contributed by atoms with Crippen LogP contribution in [-0.2, 0) is 14.4 Å². The largest absolute Gasteiger partial charge is 0.476 e. The number of benzene rings is 3. The van der Waals surface area contributed by atoms with Crippen LogP contribution in [0.5, 0.6) is 5.75 Å². The third-order valence-electron chi connectivity index (χ3n) is 6.01. The molecule has 0 aliphatic carbocycles. The number of carbonyl (C=O) groups is 3. The number of alkyl halides is 3. The first kappa shape index (κ1) is 30.2. The lowest BCUT2D eigenvalue weighted by molar-refractivity contribution is -0.177. The second-order valence-electron chi connectivity index (χ2n) is 9.25.